The molecule has 152 valence electrons. The molecule has 0 atom stereocenters. The van der Waals surface area contributed by atoms with Gasteiger partial charge in [-0.2, -0.15) is 18.2 Å². The van der Waals surface area contributed by atoms with E-state index in [1.54, 1.807) is 29.0 Å². The van der Waals surface area contributed by atoms with Crippen molar-refractivity contribution in [1.82, 2.24) is 19.5 Å². The van der Waals surface area contributed by atoms with E-state index in [0.29, 0.717) is 29.1 Å². The number of carbonyl (C=O) groups excluding carboxylic acids is 1. The zero-order valence-electron chi connectivity index (χ0n) is 15.7. The third kappa shape index (κ3) is 3.62. The number of fused-ring (bicyclic) bond motifs is 1. The van der Waals surface area contributed by atoms with E-state index in [2.05, 4.69) is 19.9 Å². The normalized spacial score (nSPS) is 16.0. The van der Waals surface area contributed by atoms with Crippen LogP contribution in [0, 0.1) is 0 Å². The summed E-state index contributed by atoms with van der Waals surface area (Å²) in [4.78, 5) is 27.9. The second-order valence-electron chi connectivity index (χ2n) is 7.44. The molecule has 0 N–H and O–H groups in total. The number of imidazole rings is 1. The van der Waals surface area contributed by atoms with Crippen LogP contribution in [0.4, 0.5) is 13.2 Å². The summed E-state index contributed by atoms with van der Waals surface area (Å²) in [6.45, 7) is 0. The molecule has 5 rings (SSSR count). The highest BCUT2D eigenvalue weighted by atomic mass is 19.4. The summed E-state index contributed by atoms with van der Waals surface area (Å²) in [6.07, 6.45) is 2.42. The van der Waals surface area contributed by atoms with Gasteiger partial charge in [0, 0.05) is 42.1 Å². The average molecular weight is 411 g/mol. The topological polar surface area (TPSA) is 73.0 Å². The lowest BCUT2D eigenvalue weighted by Crippen LogP contribution is -2.34. The van der Waals surface area contributed by atoms with Gasteiger partial charge in [-0.05, 0) is 18.4 Å². The molecule has 0 spiro atoms. The van der Waals surface area contributed by atoms with Crippen molar-refractivity contribution in [3.05, 3.63) is 64.4 Å². The predicted molar refractivity (Wildman–Crippen MR) is 101 cm³/mol. The maximum absolute atomic E-state index is 13.1. The number of benzene rings is 1. The van der Waals surface area contributed by atoms with Crippen LogP contribution in [0.2, 0.25) is 0 Å². The van der Waals surface area contributed by atoms with Crippen molar-refractivity contribution in [2.45, 2.75) is 37.9 Å². The number of amides is 1. The van der Waals surface area contributed by atoms with Gasteiger partial charge in [0.05, 0.1) is 0 Å². The van der Waals surface area contributed by atoms with Crippen molar-refractivity contribution < 1.29 is 18.0 Å². The smallest absolute Gasteiger partial charge is 0.327 e. The fourth-order valence-corrected chi connectivity index (χ4v) is 3.43. The molecular formula is C21H16F3N5O. The number of hydrogen-bond donors (Lipinski definition) is 0. The van der Waals surface area contributed by atoms with Crippen molar-refractivity contribution in [2.24, 2.45) is 4.99 Å². The monoisotopic (exact) mass is 411 g/mol. The fourth-order valence-electron chi connectivity index (χ4n) is 3.43. The van der Waals surface area contributed by atoms with Crippen LogP contribution in [0.3, 0.4) is 0 Å². The van der Waals surface area contributed by atoms with Gasteiger partial charge in [-0.3, -0.25) is 4.79 Å². The Hall–Kier alpha value is -3.36. The molecule has 1 aromatic carbocycles. The van der Waals surface area contributed by atoms with Crippen LogP contribution in [0.25, 0.3) is 17.5 Å². The third-order valence-corrected chi connectivity index (χ3v) is 5.11. The van der Waals surface area contributed by atoms with Gasteiger partial charge in [0.25, 0.3) is 5.91 Å². The molecule has 1 aliphatic heterocycles. The van der Waals surface area contributed by atoms with Crippen molar-refractivity contribution in [3.8, 4) is 11.4 Å². The second kappa shape index (κ2) is 6.86. The molecule has 0 bridgehead atoms. The van der Waals surface area contributed by atoms with Crippen LogP contribution in [0.5, 0.6) is 0 Å². The molecule has 0 radical (unpaired) electrons. The SMILES string of the molecule is O=C1CC=c2cnc(Cc3ccc(-c4nc(C(F)(F)F)cn4C4CC4)cc3)nc2=N1. The van der Waals surface area contributed by atoms with Gasteiger partial charge in [0.15, 0.2) is 11.2 Å². The van der Waals surface area contributed by atoms with Gasteiger partial charge >= 0.3 is 6.18 Å². The van der Waals surface area contributed by atoms with E-state index >= 15 is 0 Å². The molecule has 3 aromatic rings. The Labute approximate surface area is 168 Å². The van der Waals surface area contributed by atoms with E-state index < -0.39 is 11.9 Å². The molecule has 9 heteroatoms. The lowest BCUT2D eigenvalue weighted by Gasteiger charge is -2.07. The van der Waals surface area contributed by atoms with Crippen LogP contribution in [-0.2, 0) is 17.4 Å². The Morgan fingerprint density at radius 1 is 1.10 bits per heavy atom. The average Bonchev–Trinajstić information content (AvgIpc) is 3.45. The Kier molecular flexibility index (Phi) is 4.27. The molecule has 0 saturated heterocycles. The van der Waals surface area contributed by atoms with Crippen LogP contribution in [0.1, 0.15) is 42.4 Å². The zero-order valence-corrected chi connectivity index (χ0v) is 15.7. The summed E-state index contributed by atoms with van der Waals surface area (Å²) in [5.41, 5.74) is 1.03. The summed E-state index contributed by atoms with van der Waals surface area (Å²) in [7, 11) is 0. The first-order valence-corrected chi connectivity index (χ1v) is 9.56. The molecule has 6 nitrogen and oxygen atoms in total. The first kappa shape index (κ1) is 18.7. The van der Waals surface area contributed by atoms with Crippen LogP contribution in [0.15, 0.2) is 41.7 Å². The zero-order chi connectivity index (χ0) is 20.9. The van der Waals surface area contributed by atoms with Gasteiger partial charge in [-0.25, -0.2) is 15.0 Å². The molecule has 0 unspecified atom stereocenters. The minimum Gasteiger partial charge on any atom is -0.327 e. The van der Waals surface area contributed by atoms with Gasteiger partial charge < -0.3 is 4.57 Å². The first-order chi connectivity index (χ1) is 14.4. The molecule has 2 aromatic heterocycles. The van der Waals surface area contributed by atoms with E-state index in [9.17, 15) is 18.0 Å². The number of hydrogen-bond acceptors (Lipinski definition) is 4. The quantitative estimate of drug-likeness (QED) is 0.662. The molecule has 1 saturated carbocycles. The second-order valence-corrected chi connectivity index (χ2v) is 7.44. The summed E-state index contributed by atoms with van der Waals surface area (Å²) in [5.74, 6) is 0.613. The minimum atomic E-state index is -4.47. The highest BCUT2D eigenvalue weighted by Crippen LogP contribution is 2.40. The van der Waals surface area contributed by atoms with Gasteiger partial charge in [0.1, 0.15) is 11.6 Å². The Morgan fingerprint density at radius 2 is 1.87 bits per heavy atom. The number of nitrogens with zero attached hydrogens (tertiary/aromatic N) is 5. The van der Waals surface area contributed by atoms with E-state index in [-0.39, 0.29) is 18.4 Å². The van der Waals surface area contributed by atoms with Crippen molar-refractivity contribution in [2.75, 3.05) is 0 Å². The van der Waals surface area contributed by atoms with Gasteiger partial charge in [0.2, 0.25) is 0 Å². The highest BCUT2D eigenvalue weighted by molar-refractivity contribution is 5.82. The lowest BCUT2D eigenvalue weighted by molar-refractivity contribution is -0.140. The van der Waals surface area contributed by atoms with Crippen LogP contribution in [-0.4, -0.2) is 25.4 Å². The number of carbonyl (C=O) groups is 1. The molecule has 1 amide bonds. The largest absolute Gasteiger partial charge is 0.434 e. The summed E-state index contributed by atoms with van der Waals surface area (Å²) >= 11 is 0. The summed E-state index contributed by atoms with van der Waals surface area (Å²) in [5, 5.41) is 0.737. The molecule has 1 fully saturated rings. The van der Waals surface area contributed by atoms with E-state index in [0.717, 1.165) is 29.8 Å². The number of rotatable bonds is 4. The molecular weight excluding hydrogens is 395 g/mol. The van der Waals surface area contributed by atoms with Crippen LogP contribution >= 0.6 is 0 Å². The van der Waals surface area contributed by atoms with Crippen molar-refractivity contribution >= 4 is 12.0 Å². The summed E-state index contributed by atoms with van der Waals surface area (Å²) < 4.78 is 41.0. The standard InChI is InChI=1S/C21H16F3N5O/c22-21(23,24)16-11-29(15-6-7-15)20(26-16)13-3-1-12(2-4-13)9-17-25-10-14-5-8-18(30)28-19(14)27-17/h1-5,10-11,15H,6-9H2. The fraction of sp³-hybridized carbons (Fsp3) is 0.286. The predicted octanol–water partition coefficient (Wildman–Crippen LogP) is 2.62. The highest BCUT2D eigenvalue weighted by Gasteiger charge is 2.37. The Balaban J connectivity index is 1.42. The molecule has 1 aliphatic carbocycles. The maximum atomic E-state index is 13.1. The van der Waals surface area contributed by atoms with E-state index in [1.165, 1.54) is 0 Å². The molecule has 3 heterocycles. The Bertz CT molecular complexity index is 1260. The number of alkyl halides is 3. The number of halogens is 3. The third-order valence-electron chi connectivity index (χ3n) is 5.11. The van der Waals surface area contributed by atoms with Gasteiger partial charge in [-0.15, -0.1) is 0 Å². The summed E-state index contributed by atoms with van der Waals surface area (Å²) in [6, 6.07) is 7.25. The Morgan fingerprint density at radius 3 is 2.57 bits per heavy atom. The lowest BCUT2D eigenvalue weighted by atomic mass is 10.1. The van der Waals surface area contributed by atoms with Crippen molar-refractivity contribution in [3.63, 3.8) is 0 Å². The maximum Gasteiger partial charge on any atom is 0.434 e. The molecule has 2 aliphatic rings. The van der Waals surface area contributed by atoms with Crippen molar-refractivity contribution in [1.29, 1.82) is 0 Å². The van der Waals surface area contributed by atoms with Gasteiger partial charge in [-0.1, -0.05) is 30.3 Å². The van der Waals surface area contributed by atoms with Crippen LogP contribution < -0.4 is 10.7 Å². The van der Waals surface area contributed by atoms with E-state index in [4.69, 9.17) is 0 Å². The molecule has 30 heavy (non-hydrogen) atoms. The van der Waals surface area contributed by atoms with E-state index in [1.807, 2.05) is 12.1 Å². The number of aromatic nitrogens is 4. The minimum absolute atomic E-state index is 0.0791. The first-order valence-electron chi connectivity index (χ1n) is 9.56.